The van der Waals surface area contributed by atoms with E-state index in [0.29, 0.717) is 18.8 Å². The van der Waals surface area contributed by atoms with E-state index in [0.717, 1.165) is 44.7 Å². The number of carbonyl (C=O) groups is 1. The highest BCUT2D eigenvalue weighted by molar-refractivity contribution is 5.86. The number of halogens is 1. The van der Waals surface area contributed by atoms with Crippen molar-refractivity contribution in [2.24, 2.45) is 0 Å². The van der Waals surface area contributed by atoms with Crippen LogP contribution in [0.25, 0.3) is 10.9 Å². The quantitative estimate of drug-likeness (QED) is 0.745. The Balaban J connectivity index is 1.20. The molecule has 0 bridgehead atoms. The highest BCUT2D eigenvalue weighted by Crippen LogP contribution is 2.27. The standard InChI is InChI=1S/C23H25FN4O/c24-19-6-2-4-8-22(19)27-13-11-26(12-14-27)16-23(29)28-10-9-21-18(15-28)17-5-1-3-7-20(17)25-21/h1-8,25H,9-16H2. The number of hydrogen-bond donors (Lipinski definition) is 1. The minimum atomic E-state index is -0.181. The number of hydrogen-bond acceptors (Lipinski definition) is 3. The zero-order valence-corrected chi connectivity index (χ0v) is 16.4. The first kappa shape index (κ1) is 18.2. The van der Waals surface area contributed by atoms with Gasteiger partial charge >= 0.3 is 0 Å². The van der Waals surface area contributed by atoms with E-state index >= 15 is 0 Å². The Labute approximate surface area is 169 Å². The Bertz CT molecular complexity index is 1040. The van der Waals surface area contributed by atoms with Gasteiger partial charge in [-0.25, -0.2) is 4.39 Å². The van der Waals surface area contributed by atoms with Crippen molar-refractivity contribution in [3.05, 3.63) is 65.6 Å². The van der Waals surface area contributed by atoms with Crippen LogP contribution in [0, 0.1) is 5.82 Å². The summed E-state index contributed by atoms with van der Waals surface area (Å²) in [5.41, 5.74) is 4.32. The molecule has 5 rings (SSSR count). The molecule has 2 aromatic carbocycles. The van der Waals surface area contributed by atoms with E-state index in [-0.39, 0.29) is 11.7 Å². The number of rotatable bonds is 3. The molecule has 0 aliphatic carbocycles. The summed E-state index contributed by atoms with van der Waals surface area (Å²) in [7, 11) is 0. The Morgan fingerprint density at radius 2 is 1.72 bits per heavy atom. The molecular formula is C23H25FN4O. The first-order chi connectivity index (χ1) is 14.2. The Morgan fingerprint density at radius 3 is 2.55 bits per heavy atom. The molecule has 2 aliphatic rings. The third-order valence-corrected chi connectivity index (χ3v) is 6.16. The molecule has 0 spiro atoms. The van der Waals surface area contributed by atoms with Crippen LogP contribution in [-0.4, -0.2) is 60.0 Å². The van der Waals surface area contributed by atoms with Gasteiger partial charge in [0.2, 0.25) is 5.91 Å². The second kappa shape index (κ2) is 7.52. The number of carbonyl (C=O) groups excluding carboxylic acids is 1. The van der Waals surface area contributed by atoms with Crippen molar-refractivity contribution in [3.8, 4) is 0 Å². The van der Waals surface area contributed by atoms with Crippen LogP contribution >= 0.6 is 0 Å². The fraction of sp³-hybridized carbons (Fsp3) is 0.348. The number of para-hydroxylation sites is 2. The summed E-state index contributed by atoms with van der Waals surface area (Å²) in [6.07, 6.45) is 0.872. The van der Waals surface area contributed by atoms with Crippen molar-refractivity contribution >= 4 is 22.5 Å². The maximum absolute atomic E-state index is 14.0. The molecule has 1 fully saturated rings. The van der Waals surface area contributed by atoms with E-state index in [1.807, 2.05) is 29.2 Å². The number of aromatic nitrogens is 1. The lowest BCUT2D eigenvalue weighted by Crippen LogP contribution is -2.50. The molecule has 1 N–H and O–H groups in total. The van der Waals surface area contributed by atoms with Gasteiger partial charge in [-0.1, -0.05) is 30.3 Å². The highest BCUT2D eigenvalue weighted by atomic mass is 19.1. The molecule has 6 heteroatoms. The molecule has 0 atom stereocenters. The van der Waals surface area contributed by atoms with Crippen LogP contribution in [0.4, 0.5) is 10.1 Å². The number of nitrogens with one attached hydrogen (secondary N) is 1. The van der Waals surface area contributed by atoms with Gasteiger partial charge in [0.15, 0.2) is 0 Å². The van der Waals surface area contributed by atoms with Crippen LogP contribution in [0.2, 0.25) is 0 Å². The molecule has 0 saturated carbocycles. The lowest BCUT2D eigenvalue weighted by Gasteiger charge is -2.37. The van der Waals surface area contributed by atoms with Gasteiger partial charge in [0.05, 0.1) is 12.2 Å². The topological polar surface area (TPSA) is 42.6 Å². The third kappa shape index (κ3) is 3.49. The highest BCUT2D eigenvalue weighted by Gasteiger charge is 2.26. The predicted octanol–water partition coefficient (Wildman–Crippen LogP) is 3.01. The third-order valence-electron chi connectivity index (χ3n) is 6.16. The lowest BCUT2D eigenvalue weighted by molar-refractivity contribution is -0.133. The molecule has 1 aromatic heterocycles. The Morgan fingerprint density at radius 1 is 0.966 bits per heavy atom. The van der Waals surface area contributed by atoms with E-state index in [2.05, 4.69) is 26.9 Å². The van der Waals surface area contributed by atoms with Crippen LogP contribution in [0.1, 0.15) is 11.3 Å². The smallest absolute Gasteiger partial charge is 0.237 e. The molecule has 3 heterocycles. The van der Waals surface area contributed by atoms with Gasteiger partial charge in [-0.05, 0) is 18.2 Å². The van der Waals surface area contributed by atoms with Crippen LogP contribution in [-0.2, 0) is 17.8 Å². The predicted molar refractivity (Wildman–Crippen MR) is 112 cm³/mol. The van der Waals surface area contributed by atoms with Gasteiger partial charge in [0.1, 0.15) is 5.82 Å². The van der Waals surface area contributed by atoms with E-state index in [1.54, 1.807) is 6.07 Å². The second-order valence-electron chi connectivity index (χ2n) is 7.91. The summed E-state index contributed by atoms with van der Waals surface area (Å²) in [6.45, 7) is 4.88. The summed E-state index contributed by atoms with van der Waals surface area (Å²) in [4.78, 5) is 22.7. The Hall–Kier alpha value is -2.86. The van der Waals surface area contributed by atoms with Crippen LogP contribution in [0.5, 0.6) is 0 Å². The zero-order valence-electron chi connectivity index (χ0n) is 16.4. The van der Waals surface area contributed by atoms with E-state index in [9.17, 15) is 9.18 Å². The lowest BCUT2D eigenvalue weighted by atomic mass is 10.0. The molecular weight excluding hydrogens is 367 g/mol. The number of amides is 1. The Kier molecular flexibility index (Phi) is 4.72. The van der Waals surface area contributed by atoms with Crippen LogP contribution < -0.4 is 4.90 Å². The monoisotopic (exact) mass is 392 g/mol. The number of H-pyrrole nitrogens is 1. The summed E-state index contributed by atoms with van der Waals surface area (Å²) in [5, 5.41) is 1.22. The maximum atomic E-state index is 14.0. The first-order valence-electron chi connectivity index (χ1n) is 10.3. The average molecular weight is 392 g/mol. The minimum Gasteiger partial charge on any atom is -0.367 e. The van der Waals surface area contributed by atoms with Crippen molar-refractivity contribution in [3.63, 3.8) is 0 Å². The fourth-order valence-electron chi connectivity index (χ4n) is 4.53. The largest absolute Gasteiger partial charge is 0.367 e. The summed E-state index contributed by atoms with van der Waals surface area (Å²) in [5.74, 6) is 0.000138. The molecule has 1 saturated heterocycles. The van der Waals surface area contributed by atoms with Crippen molar-refractivity contribution < 1.29 is 9.18 Å². The fourth-order valence-corrected chi connectivity index (χ4v) is 4.53. The molecule has 1 amide bonds. The summed E-state index contributed by atoms with van der Waals surface area (Å²) >= 11 is 0. The summed E-state index contributed by atoms with van der Waals surface area (Å²) < 4.78 is 14.0. The van der Waals surface area contributed by atoms with Crippen molar-refractivity contribution in [1.29, 1.82) is 0 Å². The number of benzene rings is 2. The van der Waals surface area contributed by atoms with E-state index in [4.69, 9.17) is 0 Å². The molecule has 3 aromatic rings. The van der Waals surface area contributed by atoms with Gasteiger partial charge < -0.3 is 14.8 Å². The SMILES string of the molecule is O=C(CN1CCN(c2ccccc2F)CC1)N1CCc2[nH]c3ccccc3c2C1. The number of aromatic amines is 1. The minimum absolute atomic E-state index is 0.181. The van der Waals surface area contributed by atoms with Gasteiger partial charge in [0, 0.05) is 67.8 Å². The normalized spacial score (nSPS) is 17.6. The van der Waals surface area contributed by atoms with E-state index in [1.165, 1.54) is 22.7 Å². The second-order valence-corrected chi connectivity index (χ2v) is 7.91. The number of nitrogens with zero attached hydrogens (tertiary/aromatic N) is 3. The zero-order chi connectivity index (χ0) is 19.8. The van der Waals surface area contributed by atoms with Crippen LogP contribution in [0.15, 0.2) is 48.5 Å². The molecule has 0 radical (unpaired) electrons. The van der Waals surface area contributed by atoms with Crippen LogP contribution in [0.3, 0.4) is 0 Å². The average Bonchev–Trinajstić information content (AvgIpc) is 3.13. The number of fused-ring (bicyclic) bond motifs is 3. The first-order valence-corrected chi connectivity index (χ1v) is 10.3. The molecule has 0 unspecified atom stereocenters. The van der Waals surface area contributed by atoms with Gasteiger partial charge in [0.25, 0.3) is 0 Å². The van der Waals surface area contributed by atoms with Gasteiger partial charge in [-0.2, -0.15) is 0 Å². The van der Waals surface area contributed by atoms with Gasteiger partial charge in [-0.3, -0.25) is 9.69 Å². The molecule has 2 aliphatic heterocycles. The van der Waals surface area contributed by atoms with Gasteiger partial charge in [-0.15, -0.1) is 0 Å². The molecule has 5 nitrogen and oxygen atoms in total. The maximum Gasteiger partial charge on any atom is 0.237 e. The van der Waals surface area contributed by atoms with Crippen molar-refractivity contribution in [2.75, 3.05) is 44.2 Å². The van der Waals surface area contributed by atoms with Crippen molar-refractivity contribution in [1.82, 2.24) is 14.8 Å². The van der Waals surface area contributed by atoms with Crippen molar-refractivity contribution in [2.45, 2.75) is 13.0 Å². The summed E-state index contributed by atoms with van der Waals surface area (Å²) in [6, 6.07) is 15.2. The number of piperazine rings is 1. The number of anilines is 1. The van der Waals surface area contributed by atoms with E-state index < -0.39 is 0 Å². The molecule has 150 valence electrons. The molecule has 29 heavy (non-hydrogen) atoms.